The summed E-state index contributed by atoms with van der Waals surface area (Å²) in [5.41, 5.74) is -1.25. The second-order valence-corrected chi connectivity index (χ2v) is 5.06. The Morgan fingerprint density at radius 1 is 0.773 bits per heavy atom. The first-order chi connectivity index (χ1) is 10.5. The lowest BCUT2D eigenvalue weighted by molar-refractivity contribution is -0.171. The van der Waals surface area contributed by atoms with Crippen molar-refractivity contribution < 1.29 is 28.5 Å². The van der Waals surface area contributed by atoms with Crippen molar-refractivity contribution in [2.45, 2.75) is 47.0 Å². The molecule has 0 bridgehead atoms. The van der Waals surface area contributed by atoms with E-state index >= 15 is 0 Å². The molecule has 0 radical (unpaired) electrons. The molecule has 0 saturated carbocycles. The molecule has 6 heteroatoms. The summed E-state index contributed by atoms with van der Waals surface area (Å²) in [5, 5.41) is 0. The summed E-state index contributed by atoms with van der Waals surface area (Å²) in [6.45, 7) is 9.96. The van der Waals surface area contributed by atoms with Crippen molar-refractivity contribution >= 4 is 11.9 Å². The first-order valence-corrected chi connectivity index (χ1v) is 8.02. The number of hydrogen-bond donors (Lipinski definition) is 0. The van der Waals surface area contributed by atoms with E-state index in [0.717, 1.165) is 0 Å². The molecule has 22 heavy (non-hydrogen) atoms. The largest absolute Gasteiger partial charge is 0.465 e. The van der Waals surface area contributed by atoms with E-state index in [4.69, 9.17) is 18.9 Å². The van der Waals surface area contributed by atoms with Crippen LogP contribution in [0.5, 0.6) is 0 Å². The van der Waals surface area contributed by atoms with Gasteiger partial charge < -0.3 is 18.9 Å². The van der Waals surface area contributed by atoms with Crippen molar-refractivity contribution in [3.8, 4) is 0 Å². The molecule has 0 N–H and O–H groups in total. The van der Waals surface area contributed by atoms with Gasteiger partial charge in [-0.05, 0) is 27.2 Å². The Labute approximate surface area is 133 Å². The van der Waals surface area contributed by atoms with Gasteiger partial charge in [-0.3, -0.25) is 9.59 Å². The predicted molar refractivity (Wildman–Crippen MR) is 82.5 cm³/mol. The first-order valence-electron chi connectivity index (χ1n) is 8.02. The highest BCUT2D eigenvalue weighted by atomic mass is 16.6. The molecule has 0 rings (SSSR count). The smallest absolute Gasteiger partial charge is 0.323 e. The van der Waals surface area contributed by atoms with Crippen LogP contribution in [-0.4, -0.2) is 51.6 Å². The Morgan fingerprint density at radius 2 is 1.18 bits per heavy atom. The Morgan fingerprint density at radius 3 is 1.50 bits per heavy atom. The van der Waals surface area contributed by atoms with Crippen LogP contribution in [0.3, 0.4) is 0 Å². The summed E-state index contributed by atoms with van der Waals surface area (Å²) < 4.78 is 20.7. The molecular formula is C16H30O6. The van der Waals surface area contributed by atoms with E-state index in [1.807, 2.05) is 13.8 Å². The standard InChI is InChI=1S/C16H30O6/c1-5-16(4,14(17)21-12-8-10-19-6-2)15(18)22-13-9-11-20-7-3/h5-13H2,1-4H3. The molecule has 0 aliphatic rings. The number of hydrogen-bond acceptors (Lipinski definition) is 6. The second-order valence-electron chi connectivity index (χ2n) is 5.06. The highest BCUT2D eigenvalue weighted by molar-refractivity contribution is 5.99. The molecule has 0 aliphatic heterocycles. The van der Waals surface area contributed by atoms with Crippen LogP contribution in [0.4, 0.5) is 0 Å². The van der Waals surface area contributed by atoms with Crippen LogP contribution in [0, 0.1) is 5.41 Å². The Balaban J connectivity index is 4.17. The van der Waals surface area contributed by atoms with Crippen LogP contribution in [-0.2, 0) is 28.5 Å². The van der Waals surface area contributed by atoms with Crippen LogP contribution in [0.2, 0.25) is 0 Å². The van der Waals surface area contributed by atoms with E-state index in [9.17, 15) is 9.59 Å². The summed E-state index contributed by atoms with van der Waals surface area (Å²) in [6.07, 6.45) is 1.56. The minimum absolute atomic E-state index is 0.242. The van der Waals surface area contributed by atoms with Crippen molar-refractivity contribution in [1.29, 1.82) is 0 Å². The van der Waals surface area contributed by atoms with Crippen LogP contribution in [0.25, 0.3) is 0 Å². The summed E-state index contributed by atoms with van der Waals surface area (Å²) in [4.78, 5) is 24.2. The summed E-state index contributed by atoms with van der Waals surface area (Å²) in [5.74, 6) is -1.08. The lowest BCUT2D eigenvalue weighted by Gasteiger charge is -2.23. The van der Waals surface area contributed by atoms with Crippen molar-refractivity contribution in [1.82, 2.24) is 0 Å². The minimum Gasteiger partial charge on any atom is -0.465 e. The first kappa shape index (κ1) is 20.9. The fourth-order valence-electron chi connectivity index (χ4n) is 1.63. The highest BCUT2D eigenvalue weighted by Crippen LogP contribution is 2.25. The second kappa shape index (κ2) is 12.4. The molecule has 0 unspecified atom stereocenters. The van der Waals surface area contributed by atoms with Gasteiger partial charge in [0.15, 0.2) is 5.41 Å². The lowest BCUT2D eigenvalue weighted by atomic mass is 9.88. The Hall–Kier alpha value is -1.14. The van der Waals surface area contributed by atoms with Gasteiger partial charge in [-0.25, -0.2) is 0 Å². The average Bonchev–Trinajstić information content (AvgIpc) is 2.53. The predicted octanol–water partition coefficient (Wildman–Crippen LogP) is 2.34. The third-order valence-electron chi connectivity index (χ3n) is 3.35. The fourth-order valence-corrected chi connectivity index (χ4v) is 1.63. The summed E-state index contributed by atoms with van der Waals surface area (Å²) >= 11 is 0. The van der Waals surface area contributed by atoms with E-state index in [1.165, 1.54) is 0 Å². The molecule has 0 saturated heterocycles. The van der Waals surface area contributed by atoms with E-state index in [-0.39, 0.29) is 13.2 Å². The van der Waals surface area contributed by atoms with E-state index < -0.39 is 17.4 Å². The zero-order chi connectivity index (χ0) is 16.8. The zero-order valence-electron chi connectivity index (χ0n) is 14.3. The monoisotopic (exact) mass is 318 g/mol. The Kier molecular flexibility index (Phi) is 11.8. The Bertz CT molecular complexity index is 290. The number of ether oxygens (including phenoxy) is 4. The number of carbonyl (C=O) groups is 2. The molecule has 0 amide bonds. The quantitative estimate of drug-likeness (QED) is 0.295. The number of carbonyl (C=O) groups excluding carboxylic acids is 2. The third-order valence-corrected chi connectivity index (χ3v) is 3.35. The van der Waals surface area contributed by atoms with Gasteiger partial charge in [0.25, 0.3) is 0 Å². The van der Waals surface area contributed by atoms with Gasteiger partial charge in [-0.15, -0.1) is 0 Å². The van der Waals surface area contributed by atoms with E-state index in [0.29, 0.717) is 45.7 Å². The molecule has 0 aromatic heterocycles. The van der Waals surface area contributed by atoms with E-state index in [2.05, 4.69) is 0 Å². The molecule has 0 spiro atoms. The van der Waals surface area contributed by atoms with Gasteiger partial charge in [-0.1, -0.05) is 6.92 Å². The van der Waals surface area contributed by atoms with Crippen molar-refractivity contribution in [3.63, 3.8) is 0 Å². The number of rotatable bonds is 13. The molecule has 0 heterocycles. The molecular weight excluding hydrogens is 288 g/mol. The number of esters is 2. The van der Waals surface area contributed by atoms with Crippen molar-refractivity contribution in [2.75, 3.05) is 39.6 Å². The minimum atomic E-state index is -1.25. The van der Waals surface area contributed by atoms with Gasteiger partial charge in [0.1, 0.15) is 0 Å². The molecule has 0 aromatic rings. The average molecular weight is 318 g/mol. The SMILES string of the molecule is CCOCCCOC(=O)C(C)(CC)C(=O)OCCCOCC. The highest BCUT2D eigenvalue weighted by Gasteiger charge is 2.42. The van der Waals surface area contributed by atoms with E-state index in [1.54, 1.807) is 13.8 Å². The molecule has 130 valence electrons. The topological polar surface area (TPSA) is 71.1 Å². The lowest BCUT2D eigenvalue weighted by Crippen LogP contribution is -2.39. The molecule has 0 atom stereocenters. The van der Waals surface area contributed by atoms with Gasteiger partial charge in [0, 0.05) is 39.3 Å². The van der Waals surface area contributed by atoms with Crippen LogP contribution < -0.4 is 0 Å². The van der Waals surface area contributed by atoms with Gasteiger partial charge in [0.05, 0.1) is 13.2 Å². The summed E-state index contributed by atoms with van der Waals surface area (Å²) in [6, 6.07) is 0. The normalized spacial score (nSPS) is 11.3. The van der Waals surface area contributed by atoms with Crippen LogP contribution in [0.15, 0.2) is 0 Å². The zero-order valence-corrected chi connectivity index (χ0v) is 14.3. The van der Waals surface area contributed by atoms with Crippen LogP contribution in [0.1, 0.15) is 47.0 Å². The van der Waals surface area contributed by atoms with Crippen LogP contribution >= 0.6 is 0 Å². The third kappa shape index (κ3) is 7.75. The van der Waals surface area contributed by atoms with Crippen molar-refractivity contribution in [3.05, 3.63) is 0 Å². The maximum absolute atomic E-state index is 12.1. The van der Waals surface area contributed by atoms with Gasteiger partial charge in [0.2, 0.25) is 0 Å². The van der Waals surface area contributed by atoms with Crippen molar-refractivity contribution in [2.24, 2.45) is 5.41 Å². The molecule has 0 aromatic carbocycles. The molecule has 0 fully saturated rings. The molecule has 0 aliphatic carbocycles. The maximum Gasteiger partial charge on any atom is 0.323 e. The fraction of sp³-hybridized carbons (Fsp3) is 0.875. The van der Waals surface area contributed by atoms with Gasteiger partial charge in [-0.2, -0.15) is 0 Å². The molecule has 6 nitrogen and oxygen atoms in total. The summed E-state index contributed by atoms with van der Waals surface area (Å²) in [7, 11) is 0. The van der Waals surface area contributed by atoms with Gasteiger partial charge >= 0.3 is 11.9 Å². The maximum atomic E-state index is 12.1.